The fraction of sp³-hybridized carbons (Fsp3) is 1.00. The molecule has 3 nitrogen and oxygen atoms in total. The Hall–Kier alpha value is -0.120. The Morgan fingerprint density at radius 3 is 2.46 bits per heavy atom. The van der Waals surface area contributed by atoms with Crippen molar-refractivity contribution >= 4 is 0 Å². The van der Waals surface area contributed by atoms with Gasteiger partial charge in [-0.25, -0.2) is 0 Å². The van der Waals surface area contributed by atoms with Gasteiger partial charge in [-0.15, -0.1) is 0 Å². The molecule has 2 unspecified atom stereocenters. The van der Waals surface area contributed by atoms with Gasteiger partial charge in [0, 0.05) is 13.2 Å². The summed E-state index contributed by atoms with van der Waals surface area (Å²) in [5.41, 5.74) is 5.98. The van der Waals surface area contributed by atoms with Crippen LogP contribution in [0.1, 0.15) is 26.7 Å². The summed E-state index contributed by atoms with van der Waals surface area (Å²) in [6, 6.07) is 0.0485. The van der Waals surface area contributed by atoms with Crippen LogP contribution in [0.2, 0.25) is 0 Å². The molecule has 0 radical (unpaired) electrons. The molecule has 2 N–H and O–H groups in total. The number of nitrogens with two attached hydrogens (primary N) is 1. The van der Waals surface area contributed by atoms with Gasteiger partial charge in [0.2, 0.25) is 0 Å². The van der Waals surface area contributed by atoms with Crippen LogP contribution >= 0.6 is 0 Å². The van der Waals surface area contributed by atoms with Crippen LogP contribution in [0, 0.1) is 5.92 Å². The lowest BCUT2D eigenvalue weighted by molar-refractivity contribution is 0.00164. The summed E-state index contributed by atoms with van der Waals surface area (Å²) in [4.78, 5) is 0. The van der Waals surface area contributed by atoms with Gasteiger partial charge in [-0.3, -0.25) is 0 Å². The molecule has 0 aliphatic heterocycles. The fourth-order valence-electron chi connectivity index (χ4n) is 1.58. The van der Waals surface area contributed by atoms with Crippen molar-refractivity contribution in [1.82, 2.24) is 0 Å². The van der Waals surface area contributed by atoms with E-state index in [1.807, 2.05) is 13.8 Å². The Morgan fingerprint density at radius 2 is 2.00 bits per heavy atom. The molecular weight excluding hydrogens is 166 g/mol. The van der Waals surface area contributed by atoms with Gasteiger partial charge in [-0.05, 0) is 32.6 Å². The van der Waals surface area contributed by atoms with Crippen LogP contribution < -0.4 is 5.73 Å². The van der Waals surface area contributed by atoms with Crippen molar-refractivity contribution < 1.29 is 9.47 Å². The van der Waals surface area contributed by atoms with Crippen LogP contribution in [0.15, 0.2) is 0 Å². The monoisotopic (exact) mass is 187 g/mol. The second-order valence-electron chi connectivity index (χ2n) is 3.58. The molecule has 0 heterocycles. The highest BCUT2D eigenvalue weighted by molar-refractivity contribution is 4.88. The van der Waals surface area contributed by atoms with Crippen LogP contribution in [0.5, 0.6) is 0 Å². The SMILES string of the molecule is CCOCC(N)C(OCC)C1CC1. The smallest absolute Gasteiger partial charge is 0.0776 e. The summed E-state index contributed by atoms with van der Waals surface area (Å²) in [5.74, 6) is 0.690. The van der Waals surface area contributed by atoms with Gasteiger partial charge in [0.1, 0.15) is 0 Å². The minimum atomic E-state index is 0.0485. The molecule has 78 valence electrons. The number of ether oxygens (including phenoxy) is 2. The van der Waals surface area contributed by atoms with E-state index in [1.54, 1.807) is 0 Å². The van der Waals surface area contributed by atoms with E-state index in [0.717, 1.165) is 13.2 Å². The molecule has 3 heteroatoms. The highest BCUT2D eigenvalue weighted by Gasteiger charge is 2.35. The number of rotatable bonds is 7. The predicted octanol–water partition coefficient (Wildman–Crippen LogP) is 1.17. The Morgan fingerprint density at radius 1 is 1.31 bits per heavy atom. The first-order chi connectivity index (χ1) is 6.29. The molecule has 0 aromatic rings. The highest BCUT2D eigenvalue weighted by Crippen LogP contribution is 2.35. The molecule has 0 saturated heterocycles. The average Bonchev–Trinajstić information content (AvgIpc) is 2.93. The van der Waals surface area contributed by atoms with Gasteiger partial charge in [0.15, 0.2) is 0 Å². The minimum absolute atomic E-state index is 0.0485. The van der Waals surface area contributed by atoms with Crippen LogP contribution in [-0.4, -0.2) is 32.0 Å². The quantitative estimate of drug-likeness (QED) is 0.650. The summed E-state index contributed by atoms with van der Waals surface area (Å²) < 4.78 is 10.9. The molecule has 0 aromatic heterocycles. The first-order valence-electron chi connectivity index (χ1n) is 5.24. The Balaban J connectivity index is 2.25. The molecule has 1 rings (SSSR count). The zero-order chi connectivity index (χ0) is 9.68. The van der Waals surface area contributed by atoms with Gasteiger partial charge in [0.25, 0.3) is 0 Å². The summed E-state index contributed by atoms with van der Waals surface area (Å²) in [6.07, 6.45) is 2.76. The molecule has 1 aliphatic rings. The summed E-state index contributed by atoms with van der Waals surface area (Å²) in [7, 11) is 0. The third kappa shape index (κ3) is 3.63. The molecule has 2 atom stereocenters. The first kappa shape index (κ1) is 11.0. The van der Waals surface area contributed by atoms with E-state index in [9.17, 15) is 0 Å². The molecule has 1 fully saturated rings. The third-order valence-electron chi connectivity index (χ3n) is 2.38. The van der Waals surface area contributed by atoms with E-state index < -0.39 is 0 Å². The molecule has 0 aromatic carbocycles. The average molecular weight is 187 g/mol. The molecular formula is C10H21NO2. The standard InChI is InChI=1S/C10H21NO2/c1-3-12-7-9(11)10(13-4-2)8-5-6-8/h8-10H,3-7,11H2,1-2H3. The van der Waals surface area contributed by atoms with Gasteiger partial charge in [0.05, 0.1) is 18.8 Å². The molecule has 1 aliphatic carbocycles. The Kier molecular flexibility index (Phi) is 4.70. The lowest BCUT2D eigenvalue weighted by atomic mass is 10.1. The minimum Gasteiger partial charge on any atom is -0.380 e. The maximum atomic E-state index is 5.98. The van der Waals surface area contributed by atoms with Crippen LogP contribution in [0.4, 0.5) is 0 Å². The zero-order valence-electron chi connectivity index (χ0n) is 8.66. The topological polar surface area (TPSA) is 44.5 Å². The molecule has 13 heavy (non-hydrogen) atoms. The molecule has 0 amide bonds. The van der Waals surface area contributed by atoms with E-state index in [-0.39, 0.29) is 12.1 Å². The maximum Gasteiger partial charge on any atom is 0.0776 e. The summed E-state index contributed by atoms with van der Waals surface area (Å²) in [5, 5.41) is 0. The van der Waals surface area contributed by atoms with Gasteiger partial charge in [-0.2, -0.15) is 0 Å². The van der Waals surface area contributed by atoms with Crippen LogP contribution in [0.3, 0.4) is 0 Å². The normalized spacial score (nSPS) is 21.5. The zero-order valence-corrected chi connectivity index (χ0v) is 8.66. The first-order valence-corrected chi connectivity index (χ1v) is 5.24. The van der Waals surface area contributed by atoms with Crippen molar-refractivity contribution in [2.24, 2.45) is 11.7 Å². The number of hydrogen-bond acceptors (Lipinski definition) is 3. The Bertz CT molecular complexity index is 137. The molecule has 0 bridgehead atoms. The van der Waals surface area contributed by atoms with Crippen molar-refractivity contribution in [2.75, 3.05) is 19.8 Å². The van der Waals surface area contributed by atoms with Gasteiger partial charge >= 0.3 is 0 Å². The fourth-order valence-corrected chi connectivity index (χ4v) is 1.58. The predicted molar refractivity (Wildman–Crippen MR) is 52.6 cm³/mol. The van der Waals surface area contributed by atoms with Gasteiger partial charge in [-0.1, -0.05) is 0 Å². The highest BCUT2D eigenvalue weighted by atomic mass is 16.5. The number of hydrogen-bond donors (Lipinski definition) is 1. The maximum absolute atomic E-state index is 5.98. The largest absolute Gasteiger partial charge is 0.380 e. The van der Waals surface area contributed by atoms with E-state index in [2.05, 4.69) is 0 Å². The van der Waals surface area contributed by atoms with E-state index >= 15 is 0 Å². The second-order valence-corrected chi connectivity index (χ2v) is 3.58. The van der Waals surface area contributed by atoms with Crippen LogP contribution in [0.25, 0.3) is 0 Å². The summed E-state index contributed by atoms with van der Waals surface area (Å²) in [6.45, 7) is 6.11. The third-order valence-corrected chi connectivity index (χ3v) is 2.38. The van der Waals surface area contributed by atoms with Crippen molar-refractivity contribution in [3.63, 3.8) is 0 Å². The lowest BCUT2D eigenvalue weighted by Crippen LogP contribution is -2.42. The second kappa shape index (κ2) is 5.58. The van der Waals surface area contributed by atoms with Crippen molar-refractivity contribution in [2.45, 2.75) is 38.8 Å². The van der Waals surface area contributed by atoms with E-state index in [4.69, 9.17) is 15.2 Å². The van der Waals surface area contributed by atoms with E-state index in [1.165, 1.54) is 12.8 Å². The van der Waals surface area contributed by atoms with Crippen molar-refractivity contribution in [1.29, 1.82) is 0 Å². The van der Waals surface area contributed by atoms with Crippen molar-refractivity contribution in [3.8, 4) is 0 Å². The van der Waals surface area contributed by atoms with Gasteiger partial charge < -0.3 is 15.2 Å². The lowest BCUT2D eigenvalue weighted by Gasteiger charge is -2.23. The van der Waals surface area contributed by atoms with E-state index in [0.29, 0.717) is 12.5 Å². The molecule has 0 spiro atoms. The molecule has 1 saturated carbocycles. The summed E-state index contributed by atoms with van der Waals surface area (Å²) >= 11 is 0. The van der Waals surface area contributed by atoms with Crippen molar-refractivity contribution in [3.05, 3.63) is 0 Å². The van der Waals surface area contributed by atoms with Crippen LogP contribution in [-0.2, 0) is 9.47 Å². The Labute approximate surface area is 80.6 Å².